The number of nitrogens with one attached hydrogen (secondary N) is 1. The van der Waals surface area contributed by atoms with E-state index in [-0.39, 0.29) is 40.5 Å². The number of rotatable bonds is 8. The summed E-state index contributed by atoms with van der Waals surface area (Å²) < 4.78 is 4.85. The van der Waals surface area contributed by atoms with Gasteiger partial charge in [0.15, 0.2) is 0 Å². The molecule has 0 aromatic rings. The third kappa shape index (κ3) is 7.74. The fraction of sp³-hybridized carbons (Fsp3) is 0.800. The number of hydrogen-bond acceptors (Lipinski definition) is 6. The molecular formula is C25H45N3O4S. The Bertz CT molecular complexity index is 742. The van der Waals surface area contributed by atoms with Gasteiger partial charge in [-0.15, -0.1) is 0 Å². The largest absolute Gasteiger partial charge is 0.463 e. The molecule has 1 heterocycles. The van der Waals surface area contributed by atoms with Gasteiger partial charge in [0, 0.05) is 29.7 Å². The van der Waals surface area contributed by atoms with Crippen LogP contribution in [0.3, 0.4) is 0 Å². The predicted molar refractivity (Wildman–Crippen MR) is 136 cm³/mol. The normalized spacial score (nSPS) is 21.3. The highest BCUT2D eigenvalue weighted by atomic mass is 32.2. The van der Waals surface area contributed by atoms with Crippen molar-refractivity contribution >= 4 is 29.5 Å². The molecule has 2 amide bonds. The van der Waals surface area contributed by atoms with Gasteiger partial charge in [-0.1, -0.05) is 40.7 Å². The molecule has 0 radical (unpaired) electrons. The number of nitrogens with zero attached hydrogens (tertiary/aromatic N) is 2. The topological polar surface area (TPSA) is 79.0 Å². The highest BCUT2D eigenvalue weighted by Gasteiger charge is 2.44. The Morgan fingerprint density at radius 2 is 1.85 bits per heavy atom. The quantitative estimate of drug-likeness (QED) is 0.421. The molecule has 0 spiro atoms. The van der Waals surface area contributed by atoms with Gasteiger partial charge in [-0.25, -0.2) is 4.79 Å². The zero-order chi connectivity index (χ0) is 25.7. The molecule has 1 aliphatic heterocycles. The van der Waals surface area contributed by atoms with Crippen LogP contribution in [-0.4, -0.2) is 83.5 Å². The predicted octanol–water partition coefficient (Wildman–Crippen LogP) is 3.34. The number of likely N-dealkylation sites (N-methyl/N-ethyl adjacent to an activating group) is 2. The molecule has 1 N–H and O–H groups in total. The summed E-state index contributed by atoms with van der Waals surface area (Å²) in [6.45, 7) is 18.6. The van der Waals surface area contributed by atoms with E-state index in [1.807, 2.05) is 41.7 Å². The summed E-state index contributed by atoms with van der Waals surface area (Å²) in [5.74, 6) is 0.353. The number of esters is 1. The van der Waals surface area contributed by atoms with E-state index < -0.39 is 11.5 Å². The van der Waals surface area contributed by atoms with Crippen molar-refractivity contribution in [3.63, 3.8) is 0 Å². The summed E-state index contributed by atoms with van der Waals surface area (Å²) in [7, 11) is 3.70. The van der Waals surface area contributed by atoms with Crippen LogP contribution >= 0.6 is 11.8 Å². The first-order valence-electron chi connectivity index (χ1n) is 11.8. The molecule has 1 unspecified atom stereocenters. The molecule has 0 aromatic carbocycles. The average molecular weight is 484 g/mol. The molecule has 3 atom stereocenters. The van der Waals surface area contributed by atoms with Crippen LogP contribution in [0.4, 0.5) is 0 Å². The third-order valence-corrected chi connectivity index (χ3v) is 7.52. The van der Waals surface area contributed by atoms with E-state index in [1.54, 1.807) is 43.6 Å². The molecule has 0 aliphatic carbocycles. The van der Waals surface area contributed by atoms with Crippen LogP contribution in [0.15, 0.2) is 11.6 Å². The van der Waals surface area contributed by atoms with Crippen molar-refractivity contribution in [2.45, 2.75) is 85.2 Å². The number of carbonyl (C=O) groups excluding carboxylic acids is 3. The van der Waals surface area contributed by atoms with Gasteiger partial charge in [0.25, 0.3) is 0 Å². The summed E-state index contributed by atoms with van der Waals surface area (Å²) in [5.41, 5.74) is -0.0263. The monoisotopic (exact) mass is 483 g/mol. The maximum Gasteiger partial charge on any atom is 0.333 e. The van der Waals surface area contributed by atoms with Crippen LogP contribution in [0.1, 0.15) is 62.3 Å². The lowest BCUT2D eigenvalue weighted by molar-refractivity contribution is -0.141. The molecule has 1 fully saturated rings. The van der Waals surface area contributed by atoms with Crippen LogP contribution in [0.2, 0.25) is 0 Å². The van der Waals surface area contributed by atoms with E-state index in [9.17, 15) is 14.4 Å². The van der Waals surface area contributed by atoms with Gasteiger partial charge < -0.3 is 15.0 Å². The average Bonchev–Trinajstić information content (AvgIpc) is 2.67. The molecule has 190 valence electrons. The first-order valence-corrected chi connectivity index (χ1v) is 12.8. The maximum atomic E-state index is 13.7. The number of amides is 2. The van der Waals surface area contributed by atoms with E-state index in [1.165, 1.54) is 0 Å². The Labute approximate surface area is 205 Å². The number of carbonyl (C=O) groups is 3. The smallest absolute Gasteiger partial charge is 0.333 e. The maximum absolute atomic E-state index is 13.7. The van der Waals surface area contributed by atoms with E-state index in [0.717, 1.165) is 12.3 Å². The van der Waals surface area contributed by atoms with Gasteiger partial charge in [0.2, 0.25) is 11.8 Å². The van der Waals surface area contributed by atoms with Crippen LogP contribution in [0.25, 0.3) is 0 Å². The molecule has 1 aliphatic rings. The van der Waals surface area contributed by atoms with E-state index in [0.29, 0.717) is 12.2 Å². The van der Waals surface area contributed by atoms with Crippen molar-refractivity contribution in [1.82, 2.24) is 15.1 Å². The second-order valence-electron chi connectivity index (χ2n) is 10.9. The van der Waals surface area contributed by atoms with Crippen LogP contribution < -0.4 is 5.32 Å². The molecular weight excluding hydrogens is 438 g/mol. The lowest BCUT2D eigenvalue weighted by Gasteiger charge is -2.44. The number of hydrogen-bond donors (Lipinski definition) is 1. The standard InChI is InChI=1S/C25H45N3O4S/c1-12-32-23(31)17(4)15-18(16(2)3)28(11)22(30)19(24(5,6)7)26-21(29)20-25(8,9)33-14-13-27(20)10/h15-16,18-20H,12-14H2,1-11H3,(H,26,29)/t18-,19-,20?/m1/s1. The van der Waals surface area contributed by atoms with Crippen molar-refractivity contribution in [3.05, 3.63) is 11.6 Å². The zero-order valence-electron chi connectivity index (χ0n) is 22.4. The molecule has 1 rings (SSSR count). The molecule has 1 saturated heterocycles. The second kappa shape index (κ2) is 11.7. The van der Waals surface area contributed by atoms with Gasteiger partial charge in [-0.2, -0.15) is 11.8 Å². The summed E-state index contributed by atoms with van der Waals surface area (Å²) >= 11 is 1.78. The molecule has 0 bridgehead atoms. The second-order valence-corrected chi connectivity index (χ2v) is 12.6. The minimum absolute atomic E-state index is 0.0689. The van der Waals surface area contributed by atoms with Crippen molar-refractivity contribution in [3.8, 4) is 0 Å². The first-order chi connectivity index (χ1) is 15.0. The summed E-state index contributed by atoms with van der Waals surface area (Å²) in [4.78, 5) is 43.0. The van der Waals surface area contributed by atoms with Crippen molar-refractivity contribution in [2.24, 2.45) is 11.3 Å². The fourth-order valence-corrected chi connectivity index (χ4v) is 5.60. The van der Waals surface area contributed by atoms with E-state index in [4.69, 9.17) is 4.74 Å². The minimum atomic E-state index is -0.705. The Morgan fingerprint density at radius 1 is 1.27 bits per heavy atom. The Morgan fingerprint density at radius 3 is 2.30 bits per heavy atom. The van der Waals surface area contributed by atoms with Gasteiger partial charge >= 0.3 is 5.97 Å². The van der Waals surface area contributed by atoms with Gasteiger partial charge in [0.05, 0.1) is 12.6 Å². The van der Waals surface area contributed by atoms with Crippen molar-refractivity contribution in [2.75, 3.05) is 33.0 Å². The van der Waals surface area contributed by atoms with E-state index in [2.05, 4.69) is 24.1 Å². The lowest BCUT2D eigenvalue weighted by atomic mass is 9.84. The lowest BCUT2D eigenvalue weighted by Crippen LogP contribution is -2.63. The Balaban J connectivity index is 3.21. The van der Waals surface area contributed by atoms with Crippen LogP contribution in [0.5, 0.6) is 0 Å². The minimum Gasteiger partial charge on any atom is -0.463 e. The van der Waals surface area contributed by atoms with Crippen molar-refractivity contribution < 1.29 is 19.1 Å². The van der Waals surface area contributed by atoms with Gasteiger partial charge in [0.1, 0.15) is 12.1 Å². The summed E-state index contributed by atoms with van der Waals surface area (Å²) in [6.07, 6.45) is 1.79. The number of thioether (sulfide) groups is 1. The van der Waals surface area contributed by atoms with Crippen molar-refractivity contribution in [1.29, 1.82) is 0 Å². The Kier molecular flexibility index (Phi) is 10.5. The van der Waals surface area contributed by atoms with Crippen LogP contribution in [-0.2, 0) is 19.1 Å². The number of ether oxygens (including phenoxy) is 1. The van der Waals surface area contributed by atoms with Crippen LogP contribution in [0, 0.1) is 11.3 Å². The zero-order valence-corrected chi connectivity index (χ0v) is 23.3. The Hall–Kier alpha value is -1.54. The SMILES string of the molecule is CCOC(=O)C(C)=C[C@H](C(C)C)N(C)C(=O)[C@@H](NC(=O)C1N(C)CCSC1(C)C)C(C)(C)C. The van der Waals surface area contributed by atoms with Gasteiger partial charge in [-0.05, 0) is 46.1 Å². The first kappa shape index (κ1) is 29.5. The third-order valence-electron chi connectivity index (χ3n) is 6.16. The highest BCUT2D eigenvalue weighted by Crippen LogP contribution is 2.35. The van der Waals surface area contributed by atoms with Gasteiger partial charge in [-0.3, -0.25) is 14.5 Å². The van der Waals surface area contributed by atoms with E-state index >= 15 is 0 Å². The summed E-state index contributed by atoms with van der Waals surface area (Å²) in [5, 5.41) is 3.09. The molecule has 7 nitrogen and oxygen atoms in total. The summed E-state index contributed by atoms with van der Waals surface area (Å²) in [6, 6.07) is -1.34. The fourth-order valence-electron chi connectivity index (χ4n) is 4.25. The molecule has 0 aromatic heterocycles. The molecule has 33 heavy (non-hydrogen) atoms. The molecule has 0 saturated carbocycles. The highest BCUT2D eigenvalue weighted by molar-refractivity contribution is 8.00. The molecule has 8 heteroatoms.